The maximum atomic E-state index is 12.7. The molecule has 0 saturated carbocycles. The van der Waals surface area contributed by atoms with Gasteiger partial charge in [0.1, 0.15) is 0 Å². The number of carbonyl (C=O) groups is 1. The van der Waals surface area contributed by atoms with Gasteiger partial charge in [-0.1, -0.05) is 50.6 Å². The summed E-state index contributed by atoms with van der Waals surface area (Å²) in [6.07, 6.45) is 0. The van der Waals surface area contributed by atoms with E-state index in [0.717, 1.165) is 16.7 Å². The Labute approximate surface area is 206 Å². The minimum absolute atomic E-state index is 0.00000878. The van der Waals surface area contributed by atoms with E-state index in [-0.39, 0.29) is 21.3 Å². The minimum Gasteiger partial charge on any atom is -0.332 e. The Morgan fingerprint density at radius 2 is 1.50 bits per heavy atom. The molecule has 0 fully saturated rings. The Hall–Kier alpha value is -3.23. The second-order valence-corrected chi connectivity index (χ2v) is 11.3. The van der Waals surface area contributed by atoms with Gasteiger partial charge in [-0.15, -0.1) is 0 Å². The molecule has 0 aliphatic rings. The van der Waals surface area contributed by atoms with Crippen LogP contribution in [0.25, 0.3) is 0 Å². The number of thiocarbonyl (C=S) groups is 1. The van der Waals surface area contributed by atoms with Gasteiger partial charge < -0.3 is 5.32 Å². The van der Waals surface area contributed by atoms with Gasteiger partial charge in [0.25, 0.3) is 15.9 Å². The third kappa shape index (κ3) is 6.42. The Morgan fingerprint density at radius 1 is 0.882 bits per heavy atom. The van der Waals surface area contributed by atoms with Crippen LogP contribution in [0.4, 0.5) is 11.4 Å². The first-order valence-corrected chi connectivity index (χ1v) is 12.7. The van der Waals surface area contributed by atoms with Crippen LogP contribution in [0.1, 0.15) is 47.8 Å². The van der Waals surface area contributed by atoms with Gasteiger partial charge in [0.15, 0.2) is 5.11 Å². The van der Waals surface area contributed by atoms with Crippen molar-refractivity contribution in [3.05, 3.63) is 89.0 Å². The first-order valence-electron chi connectivity index (χ1n) is 10.8. The molecule has 0 aromatic heterocycles. The maximum Gasteiger partial charge on any atom is 0.261 e. The smallest absolute Gasteiger partial charge is 0.261 e. The summed E-state index contributed by atoms with van der Waals surface area (Å²) in [5, 5.41) is 5.67. The van der Waals surface area contributed by atoms with Crippen molar-refractivity contribution in [2.75, 3.05) is 10.0 Å². The standard InChI is InChI=1S/C26H29N3O3S2/c1-17-6-15-23(18(2)16-17)29-34(31,32)22-13-11-21(12-14-22)27-25(33)28-24(30)19-7-9-20(10-8-19)26(3,4)5/h6-16,29H,1-5H3,(H2,27,28,30,33). The van der Waals surface area contributed by atoms with Crippen molar-refractivity contribution in [2.24, 2.45) is 0 Å². The largest absolute Gasteiger partial charge is 0.332 e. The summed E-state index contributed by atoms with van der Waals surface area (Å²) in [6, 6.07) is 19.0. The lowest BCUT2D eigenvalue weighted by Crippen LogP contribution is -2.34. The van der Waals surface area contributed by atoms with Crippen LogP contribution < -0.4 is 15.4 Å². The number of sulfonamides is 1. The quantitative estimate of drug-likeness (QED) is 0.405. The summed E-state index contributed by atoms with van der Waals surface area (Å²) < 4.78 is 28.1. The van der Waals surface area contributed by atoms with Gasteiger partial charge in [-0.25, -0.2) is 8.42 Å². The number of amides is 1. The molecular weight excluding hydrogens is 466 g/mol. The second-order valence-electron chi connectivity index (χ2n) is 9.18. The summed E-state index contributed by atoms with van der Waals surface area (Å²) in [5.41, 5.74) is 4.62. The van der Waals surface area contributed by atoms with Crippen LogP contribution in [0.5, 0.6) is 0 Å². The van der Waals surface area contributed by atoms with E-state index in [1.54, 1.807) is 30.3 Å². The van der Waals surface area contributed by atoms with Crippen LogP contribution in [0.2, 0.25) is 0 Å². The Bertz CT molecular complexity index is 1310. The van der Waals surface area contributed by atoms with Crippen LogP contribution in [0.3, 0.4) is 0 Å². The molecule has 0 spiro atoms. The van der Waals surface area contributed by atoms with Gasteiger partial charge in [0, 0.05) is 11.3 Å². The van der Waals surface area contributed by atoms with E-state index in [2.05, 4.69) is 36.1 Å². The monoisotopic (exact) mass is 495 g/mol. The number of anilines is 2. The molecule has 0 heterocycles. The summed E-state index contributed by atoms with van der Waals surface area (Å²) in [6.45, 7) is 10.1. The van der Waals surface area contributed by atoms with Crippen molar-refractivity contribution in [1.29, 1.82) is 0 Å². The van der Waals surface area contributed by atoms with Crippen molar-refractivity contribution < 1.29 is 13.2 Å². The minimum atomic E-state index is -3.74. The molecule has 3 N–H and O–H groups in total. The van der Waals surface area contributed by atoms with E-state index >= 15 is 0 Å². The molecule has 3 rings (SSSR count). The molecule has 0 unspecified atom stereocenters. The van der Waals surface area contributed by atoms with Crippen molar-refractivity contribution >= 4 is 44.6 Å². The summed E-state index contributed by atoms with van der Waals surface area (Å²) in [7, 11) is -3.74. The van der Waals surface area contributed by atoms with Gasteiger partial charge in [0.05, 0.1) is 10.6 Å². The molecule has 178 valence electrons. The molecule has 0 radical (unpaired) electrons. The van der Waals surface area contributed by atoms with Crippen molar-refractivity contribution in [2.45, 2.75) is 44.9 Å². The Morgan fingerprint density at radius 3 is 2.06 bits per heavy atom. The molecule has 8 heteroatoms. The fraction of sp³-hybridized carbons (Fsp3) is 0.231. The number of hydrogen-bond acceptors (Lipinski definition) is 4. The third-order valence-corrected chi connectivity index (χ3v) is 6.87. The van der Waals surface area contributed by atoms with Gasteiger partial charge >= 0.3 is 0 Å². The molecule has 6 nitrogen and oxygen atoms in total. The highest BCUT2D eigenvalue weighted by Crippen LogP contribution is 2.23. The van der Waals surface area contributed by atoms with E-state index < -0.39 is 10.0 Å². The molecule has 3 aromatic carbocycles. The lowest BCUT2D eigenvalue weighted by molar-refractivity contribution is 0.0977. The highest BCUT2D eigenvalue weighted by Gasteiger charge is 2.17. The number of hydrogen-bond donors (Lipinski definition) is 3. The number of carbonyl (C=O) groups excluding carboxylic acids is 1. The van der Waals surface area contributed by atoms with E-state index in [0.29, 0.717) is 16.9 Å². The summed E-state index contributed by atoms with van der Waals surface area (Å²) in [4.78, 5) is 12.6. The first-order chi connectivity index (χ1) is 15.8. The molecule has 0 bridgehead atoms. The fourth-order valence-electron chi connectivity index (χ4n) is 3.31. The number of nitrogens with one attached hydrogen (secondary N) is 3. The molecule has 0 atom stereocenters. The van der Waals surface area contributed by atoms with Gasteiger partial charge in [-0.3, -0.25) is 14.8 Å². The molecule has 0 aliphatic heterocycles. The normalized spacial score (nSPS) is 11.6. The average Bonchev–Trinajstić information content (AvgIpc) is 2.75. The first kappa shape index (κ1) is 25.4. The molecule has 1 amide bonds. The average molecular weight is 496 g/mol. The van der Waals surface area contributed by atoms with Crippen molar-refractivity contribution in [1.82, 2.24) is 5.32 Å². The van der Waals surface area contributed by atoms with Crippen molar-refractivity contribution in [3.8, 4) is 0 Å². The zero-order valence-electron chi connectivity index (χ0n) is 19.9. The lowest BCUT2D eigenvalue weighted by atomic mass is 9.87. The third-order valence-electron chi connectivity index (χ3n) is 5.29. The van der Waals surface area contributed by atoms with Crippen molar-refractivity contribution in [3.63, 3.8) is 0 Å². The Kier molecular flexibility index (Phi) is 7.43. The summed E-state index contributed by atoms with van der Waals surface area (Å²) >= 11 is 5.24. The molecule has 3 aromatic rings. The second kappa shape index (κ2) is 9.95. The van der Waals surface area contributed by atoms with Gasteiger partial charge in [-0.2, -0.15) is 0 Å². The predicted octanol–water partition coefficient (Wildman–Crippen LogP) is 5.53. The van der Waals surface area contributed by atoms with Crippen LogP contribution >= 0.6 is 12.2 Å². The van der Waals surface area contributed by atoms with E-state index in [9.17, 15) is 13.2 Å². The zero-order chi connectivity index (χ0) is 25.1. The van der Waals surface area contributed by atoms with E-state index in [4.69, 9.17) is 12.2 Å². The molecule has 34 heavy (non-hydrogen) atoms. The zero-order valence-corrected chi connectivity index (χ0v) is 21.5. The number of aryl methyl sites for hydroxylation is 2. The SMILES string of the molecule is Cc1ccc(NS(=O)(=O)c2ccc(NC(=S)NC(=O)c3ccc(C(C)(C)C)cc3)cc2)c(C)c1. The van der Waals surface area contributed by atoms with Gasteiger partial charge in [0.2, 0.25) is 0 Å². The highest BCUT2D eigenvalue weighted by atomic mass is 32.2. The van der Waals surface area contributed by atoms with E-state index in [1.165, 1.54) is 12.1 Å². The molecular formula is C26H29N3O3S2. The summed E-state index contributed by atoms with van der Waals surface area (Å²) in [5.74, 6) is -0.324. The highest BCUT2D eigenvalue weighted by molar-refractivity contribution is 7.92. The van der Waals surface area contributed by atoms with Crippen LogP contribution in [-0.2, 0) is 15.4 Å². The lowest BCUT2D eigenvalue weighted by Gasteiger charge is -2.19. The van der Waals surface area contributed by atoms with Gasteiger partial charge in [-0.05, 0) is 85.1 Å². The maximum absolute atomic E-state index is 12.7. The molecule has 0 saturated heterocycles. The number of benzene rings is 3. The number of rotatable bonds is 5. The predicted molar refractivity (Wildman–Crippen MR) is 142 cm³/mol. The van der Waals surface area contributed by atoms with Crippen LogP contribution in [0, 0.1) is 13.8 Å². The Balaban J connectivity index is 1.62. The fourth-order valence-corrected chi connectivity index (χ4v) is 4.65. The topological polar surface area (TPSA) is 87.3 Å². The molecule has 0 aliphatic carbocycles. The van der Waals surface area contributed by atoms with E-state index in [1.807, 2.05) is 38.1 Å². The van der Waals surface area contributed by atoms with Crippen LogP contribution in [-0.4, -0.2) is 19.4 Å². The van der Waals surface area contributed by atoms with Crippen LogP contribution in [0.15, 0.2) is 71.6 Å².